The van der Waals surface area contributed by atoms with Gasteiger partial charge in [0.1, 0.15) is 0 Å². The van der Waals surface area contributed by atoms with Gasteiger partial charge in [-0.25, -0.2) is 5.43 Å². The molecule has 1 aromatic rings. The quantitative estimate of drug-likeness (QED) is 0.686. The van der Waals surface area contributed by atoms with Gasteiger partial charge in [-0.05, 0) is 24.6 Å². The number of hydrogen-bond acceptors (Lipinski definition) is 5. The van der Waals surface area contributed by atoms with Gasteiger partial charge < -0.3 is 0 Å². The van der Waals surface area contributed by atoms with E-state index in [9.17, 15) is 4.79 Å². The number of nitrogens with one attached hydrogen (secondary N) is 1. The van der Waals surface area contributed by atoms with Crippen LogP contribution in [-0.2, 0) is 4.79 Å². The van der Waals surface area contributed by atoms with Gasteiger partial charge in [0.05, 0.1) is 28.3 Å². The molecule has 1 aromatic carbocycles. The van der Waals surface area contributed by atoms with Gasteiger partial charge in [0.15, 0.2) is 0 Å². The number of hydrazone groups is 1. The van der Waals surface area contributed by atoms with Crippen molar-refractivity contribution < 1.29 is 4.79 Å². The van der Waals surface area contributed by atoms with Crippen molar-refractivity contribution >= 4 is 35.6 Å². The second-order valence-electron chi connectivity index (χ2n) is 4.53. The molecular formula is C14H15N3OS2. The van der Waals surface area contributed by atoms with E-state index in [0.717, 1.165) is 17.1 Å². The van der Waals surface area contributed by atoms with Crippen molar-refractivity contribution in [1.82, 2.24) is 5.43 Å². The van der Waals surface area contributed by atoms with Crippen LogP contribution >= 0.6 is 23.5 Å². The Morgan fingerprint density at radius 3 is 2.70 bits per heavy atom. The highest BCUT2D eigenvalue weighted by atomic mass is 32.2. The molecule has 1 amide bonds. The van der Waals surface area contributed by atoms with Crippen molar-refractivity contribution in [2.45, 2.75) is 17.4 Å². The molecule has 1 aliphatic rings. The zero-order valence-electron chi connectivity index (χ0n) is 11.1. The summed E-state index contributed by atoms with van der Waals surface area (Å²) in [5.41, 5.74) is 4.00. The van der Waals surface area contributed by atoms with Crippen LogP contribution in [0.5, 0.6) is 0 Å². The third-order valence-corrected chi connectivity index (χ3v) is 6.11. The number of carbonyl (C=O) groups is 1. The summed E-state index contributed by atoms with van der Waals surface area (Å²) in [6.45, 7) is 2.10. The molecule has 0 aromatic heterocycles. The molecule has 0 spiro atoms. The van der Waals surface area contributed by atoms with E-state index < -0.39 is 0 Å². The monoisotopic (exact) mass is 305 g/mol. The molecule has 0 radical (unpaired) electrons. The Kier molecular flexibility index (Phi) is 5.10. The zero-order chi connectivity index (χ0) is 14.4. The molecule has 4 nitrogen and oxygen atoms in total. The van der Waals surface area contributed by atoms with Crippen LogP contribution in [0, 0.1) is 11.3 Å². The maximum Gasteiger partial charge on any atom is 0.242 e. The van der Waals surface area contributed by atoms with Gasteiger partial charge >= 0.3 is 0 Å². The van der Waals surface area contributed by atoms with E-state index in [2.05, 4.69) is 23.5 Å². The Bertz CT molecular complexity index is 543. The SMILES string of the molecule is CC1(CC(=O)NN=Cc2ccc(C#N)cc2)SCCS1. The Labute approximate surface area is 127 Å². The molecule has 0 saturated carbocycles. The van der Waals surface area contributed by atoms with Gasteiger partial charge in [-0.3, -0.25) is 4.79 Å². The van der Waals surface area contributed by atoms with Crippen LogP contribution in [0.15, 0.2) is 29.4 Å². The number of nitrogens with zero attached hydrogens (tertiary/aromatic N) is 2. The van der Waals surface area contributed by atoms with Crippen LogP contribution in [0.3, 0.4) is 0 Å². The molecule has 0 atom stereocenters. The lowest BCUT2D eigenvalue weighted by Crippen LogP contribution is -2.26. The fourth-order valence-electron chi connectivity index (χ4n) is 1.81. The predicted octanol–water partition coefficient (Wildman–Crippen LogP) is 2.59. The molecule has 1 heterocycles. The molecule has 1 saturated heterocycles. The normalized spacial score (nSPS) is 17.0. The van der Waals surface area contributed by atoms with E-state index in [4.69, 9.17) is 5.26 Å². The first-order chi connectivity index (χ1) is 9.61. The number of hydrogen-bond donors (Lipinski definition) is 1. The third-order valence-electron chi connectivity index (χ3n) is 2.82. The second kappa shape index (κ2) is 6.82. The van der Waals surface area contributed by atoms with Crippen LogP contribution < -0.4 is 5.43 Å². The molecule has 0 aliphatic carbocycles. The highest BCUT2D eigenvalue weighted by Crippen LogP contribution is 2.45. The van der Waals surface area contributed by atoms with Crippen molar-refractivity contribution in [3.8, 4) is 6.07 Å². The predicted molar refractivity (Wildman–Crippen MR) is 84.8 cm³/mol. The summed E-state index contributed by atoms with van der Waals surface area (Å²) in [6.07, 6.45) is 2.05. The summed E-state index contributed by atoms with van der Waals surface area (Å²) in [6, 6.07) is 9.07. The maximum absolute atomic E-state index is 11.8. The topological polar surface area (TPSA) is 65.2 Å². The minimum Gasteiger partial charge on any atom is -0.273 e. The molecule has 1 N–H and O–H groups in total. The highest BCUT2D eigenvalue weighted by molar-refractivity contribution is 8.21. The number of amides is 1. The lowest BCUT2D eigenvalue weighted by molar-refractivity contribution is -0.121. The van der Waals surface area contributed by atoms with Crippen LogP contribution in [0.2, 0.25) is 0 Å². The number of carbonyl (C=O) groups excluding carboxylic acids is 1. The van der Waals surface area contributed by atoms with Crippen molar-refractivity contribution in [3.05, 3.63) is 35.4 Å². The third kappa shape index (κ3) is 4.29. The molecule has 1 fully saturated rings. The lowest BCUT2D eigenvalue weighted by Gasteiger charge is -2.19. The summed E-state index contributed by atoms with van der Waals surface area (Å²) < 4.78 is -0.0198. The first-order valence-corrected chi connectivity index (χ1v) is 8.18. The van der Waals surface area contributed by atoms with E-state index in [0.29, 0.717) is 12.0 Å². The van der Waals surface area contributed by atoms with Gasteiger partial charge in [-0.2, -0.15) is 10.4 Å². The minimum absolute atomic E-state index is 0.0198. The fraction of sp³-hybridized carbons (Fsp3) is 0.357. The van der Waals surface area contributed by atoms with E-state index >= 15 is 0 Å². The van der Waals surface area contributed by atoms with Crippen molar-refractivity contribution in [1.29, 1.82) is 5.26 Å². The molecule has 0 bridgehead atoms. The fourth-order valence-corrected chi connectivity index (χ4v) is 4.64. The van der Waals surface area contributed by atoms with E-state index in [-0.39, 0.29) is 9.99 Å². The van der Waals surface area contributed by atoms with E-state index in [1.54, 1.807) is 30.5 Å². The summed E-state index contributed by atoms with van der Waals surface area (Å²) in [4.78, 5) is 11.8. The largest absolute Gasteiger partial charge is 0.273 e. The number of nitriles is 1. The van der Waals surface area contributed by atoms with Gasteiger partial charge in [0.25, 0.3) is 0 Å². The maximum atomic E-state index is 11.8. The number of thioether (sulfide) groups is 2. The van der Waals surface area contributed by atoms with Gasteiger partial charge in [-0.15, -0.1) is 23.5 Å². The number of benzene rings is 1. The first-order valence-electron chi connectivity index (χ1n) is 6.21. The van der Waals surface area contributed by atoms with Crippen LogP contribution in [0.25, 0.3) is 0 Å². The van der Waals surface area contributed by atoms with Crippen LogP contribution in [0.4, 0.5) is 0 Å². The highest BCUT2D eigenvalue weighted by Gasteiger charge is 2.32. The molecule has 2 rings (SSSR count). The molecular weight excluding hydrogens is 290 g/mol. The van der Waals surface area contributed by atoms with Gasteiger partial charge in [0.2, 0.25) is 5.91 Å². The smallest absolute Gasteiger partial charge is 0.242 e. The Morgan fingerprint density at radius 1 is 1.45 bits per heavy atom. The van der Waals surface area contributed by atoms with Crippen molar-refractivity contribution in [3.63, 3.8) is 0 Å². The Hall–Kier alpha value is -1.45. The van der Waals surface area contributed by atoms with Gasteiger partial charge in [0, 0.05) is 11.5 Å². The summed E-state index contributed by atoms with van der Waals surface area (Å²) >= 11 is 3.65. The standard InChI is InChI=1S/C14H15N3OS2/c1-14(19-6-7-20-14)8-13(18)17-16-10-12-4-2-11(9-15)3-5-12/h2-5,10H,6-8H2,1H3,(H,17,18). The molecule has 104 valence electrons. The number of rotatable bonds is 4. The van der Waals surface area contributed by atoms with Gasteiger partial charge in [-0.1, -0.05) is 12.1 Å². The summed E-state index contributed by atoms with van der Waals surface area (Å²) in [5.74, 6) is 2.13. The lowest BCUT2D eigenvalue weighted by atomic mass is 10.2. The molecule has 1 aliphatic heterocycles. The molecule has 6 heteroatoms. The van der Waals surface area contributed by atoms with Crippen molar-refractivity contribution in [2.24, 2.45) is 5.10 Å². The van der Waals surface area contributed by atoms with Crippen molar-refractivity contribution in [2.75, 3.05) is 11.5 Å². The zero-order valence-corrected chi connectivity index (χ0v) is 12.8. The molecule has 20 heavy (non-hydrogen) atoms. The second-order valence-corrected chi connectivity index (χ2v) is 7.99. The minimum atomic E-state index is -0.0701. The van der Waals surface area contributed by atoms with E-state index in [1.165, 1.54) is 0 Å². The average molecular weight is 305 g/mol. The van der Waals surface area contributed by atoms with E-state index in [1.807, 2.05) is 23.5 Å². The molecule has 0 unspecified atom stereocenters. The van der Waals surface area contributed by atoms with Crippen LogP contribution in [0.1, 0.15) is 24.5 Å². The average Bonchev–Trinajstić information content (AvgIpc) is 2.86. The van der Waals surface area contributed by atoms with Crippen LogP contribution in [-0.4, -0.2) is 27.7 Å². The summed E-state index contributed by atoms with van der Waals surface area (Å²) in [7, 11) is 0. The first kappa shape index (κ1) is 14.9. The Morgan fingerprint density at radius 2 is 2.10 bits per heavy atom. The summed E-state index contributed by atoms with van der Waals surface area (Å²) in [5, 5.41) is 12.6. The Balaban J connectivity index is 1.83.